The van der Waals surface area contributed by atoms with E-state index in [-0.39, 0.29) is 5.91 Å². The maximum Gasteiger partial charge on any atom is 0.224 e. The molecule has 0 spiro atoms. The minimum absolute atomic E-state index is 0.0354. The molecular formula is C13H15ClN4OS. The summed E-state index contributed by atoms with van der Waals surface area (Å²) in [5.74, 6) is 0.802. The Morgan fingerprint density at radius 2 is 2.35 bits per heavy atom. The van der Waals surface area contributed by atoms with Crippen molar-refractivity contribution in [2.45, 2.75) is 18.0 Å². The van der Waals surface area contributed by atoms with Crippen LogP contribution in [0.2, 0.25) is 5.02 Å². The number of nitrogens with zero attached hydrogens (tertiary/aromatic N) is 1. The van der Waals surface area contributed by atoms with E-state index >= 15 is 0 Å². The lowest BCUT2D eigenvalue weighted by Gasteiger charge is -2.06. The topological polar surface area (TPSA) is 83.8 Å². The summed E-state index contributed by atoms with van der Waals surface area (Å²) in [5, 5.41) is 4.15. The molecule has 1 aromatic heterocycles. The summed E-state index contributed by atoms with van der Waals surface area (Å²) in [4.78, 5) is 18.9. The zero-order valence-electron chi connectivity index (χ0n) is 10.7. The Hall–Kier alpha value is -1.66. The van der Waals surface area contributed by atoms with Crippen LogP contribution in [0.4, 0.5) is 11.4 Å². The molecule has 4 N–H and O–H groups in total. The third kappa shape index (κ3) is 4.47. The van der Waals surface area contributed by atoms with Gasteiger partial charge >= 0.3 is 0 Å². The molecule has 0 atom stereocenters. The van der Waals surface area contributed by atoms with Crippen LogP contribution in [0.5, 0.6) is 0 Å². The molecule has 1 aromatic carbocycles. The standard InChI is InChI=1S/C13H15ClN4OS/c14-10-4-3-9(8-11(10)15)18-12(19)2-1-7-20-13-16-5-6-17-13/h3-6,8H,1-2,7,15H2,(H,16,17)(H,18,19). The van der Waals surface area contributed by atoms with E-state index in [0.29, 0.717) is 22.8 Å². The first-order valence-corrected chi connectivity index (χ1v) is 7.48. The molecule has 0 fully saturated rings. The molecule has 0 aliphatic heterocycles. The number of imidazole rings is 1. The van der Waals surface area contributed by atoms with Crippen LogP contribution >= 0.6 is 23.4 Å². The van der Waals surface area contributed by atoms with Crippen LogP contribution < -0.4 is 11.1 Å². The van der Waals surface area contributed by atoms with Gasteiger partial charge < -0.3 is 16.0 Å². The smallest absolute Gasteiger partial charge is 0.224 e. The summed E-state index contributed by atoms with van der Waals surface area (Å²) in [6.07, 6.45) is 4.72. The molecule has 0 bridgehead atoms. The molecule has 1 heterocycles. The molecule has 2 rings (SSSR count). The van der Waals surface area contributed by atoms with Gasteiger partial charge in [-0.05, 0) is 24.6 Å². The average molecular weight is 311 g/mol. The second-order valence-electron chi connectivity index (χ2n) is 4.13. The van der Waals surface area contributed by atoms with E-state index < -0.39 is 0 Å². The predicted molar refractivity (Wildman–Crippen MR) is 83.0 cm³/mol. The summed E-state index contributed by atoms with van der Waals surface area (Å²) < 4.78 is 0. The van der Waals surface area contributed by atoms with E-state index in [1.807, 2.05) is 0 Å². The van der Waals surface area contributed by atoms with Gasteiger partial charge in [-0.1, -0.05) is 23.4 Å². The van der Waals surface area contributed by atoms with Crippen LogP contribution in [-0.4, -0.2) is 21.6 Å². The molecule has 106 valence electrons. The lowest BCUT2D eigenvalue weighted by atomic mass is 10.2. The van der Waals surface area contributed by atoms with Crippen molar-refractivity contribution in [3.05, 3.63) is 35.6 Å². The monoisotopic (exact) mass is 310 g/mol. The van der Waals surface area contributed by atoms with Gasteiger partial charge in [-0.25, -0.2) is 4.98 Å². The summed E-state index contributed by atoms with van der Waals surface area (Å²) >= 11 is 7.41. The number of anilines is 2. The van der Waals surface area contributed by atoms with Crippen LogP contribution in [0, 0.1) is 0 Å². The second kappa shape index (κ2) is 7.21. The lowest BCUT2D eigenvalue weighted by molar-refractivity contribution is -0.116. The van der Waals surface area contributed by atoms with Gasteiger partial charge in [0.2, 0.25) is 5.91 Å². The van der Waals surface area contributed by atoms with E-state index in [2.05, 4.69) is 15.3 Å². The van der Waals surface area contributed by atoms with E-state index in [9.17, 15) is 4.79 Å². The number of rotatable bonds is 6. The summed E-state index contributed by atoms with van der Waals surface area (Å²) in [7, 11) is 0. The quantitative estimate of drug-likeness (QED) is 0.435. The first-order chi connectivity index (χ1) is 9.65. The molecule has 1 amide bonds. The predicted octanol–water partition coefficient (Wildman–Crippen LogP) is 3.16. The van der Waals surface area contributed by atoms with Crippen molar-refractivity contribution in [3.63, 3.8) is 0 Å². The molecule has 7 heteroatoms. The fourth-order valence-corrected chi connectivity index (χ4v) is 2.46. The Kier molecular flexibility index (Phi) is 5.31. The number of carbonyl (C=O) groups excluding carboxylic acids is 1. The van der Waals surface area contributed by atoms with Crippen LogP contribution in [-0.2, 0) is 4.79 Å². The third-order valence-corrected chi connectivity index (χ3v) is 3.87. The van der Waals surface area contributed by atoms with Crippen molar-refractivity contribution >= 4 is 40.6 Å². The molecule has 0 aliphatic rings. The summed E-state index contributed by atoms with van der Waals surface area (Å²) in [5.41, 5.74) is 6.79. The van der Waals surface area contributed by atoms with E-state index in [0.717, 1.165) is 17.3 Å². The van der Waals surface area contributed by atoms with E-state index in [1.54, 1.807) is 42.4 Å². The molecule has 0 aliphatic carbocycles. The number of thioether (sulfide) groups is 1. The maximum atomic E-state index is 11.8. The highest BCUT2D eigenvalue weighted by Gasteiger charge is 2.04. The normalized spacial score (nSPS) is 10.4. The van der Waals surface area contributed by atoms with Gasteiger partial charge in [0.25, 0.3) is 0 Å². The number of benzene rings is 1. The van der Waals surface area contributed by atoms with Crippen molar-refractivity contribution < 1.29 is 4.79 Å². The SMILES string of the molecule is Nc1cc(NC(=O)CCCSc2ncc[nH]2)ccc1Cl. The summed E-state index contributed by atoms with van der Waals surface area (Å²) in [6, 6.07) is 5.05. The minimum Gasteiger partial charge on any atom is -0.397 e. The zero-order chi connectivity index (χ0) is 14.4. The Bertz CT molecular complexity index is 574. The molecule has 0 radical (unpaired) electrons. The number of aromatic nitrogens is 2. The molecule has 0 unspecified atom stereocenters. The van der Waals surface area contributed by atoms with Crippen LogP contribution in [0.3, 0.4) is 0 Å². The largest absolute Gasteiger partial charge is 0.397 e. The average Bonchev–Trinajstić information content (AvgIpc) is 2.92. The Morgan fingerprint density at radius 1 is 1.50 bits per heavy atom. The van der Waals surface area contributed by atoms with Crippen molar-refractivity contribution in [2.24, 2.45) is 0 Å². The molecule has 0 saturated heterocycles. The number of nitrogens with one attached hydrogen (secondary N) is 2. The number of nitrogens with two attached hydrogens (primary N) is 1. The van der Waals surface area contributed by atoms with Gasteiger partial charge in [-0.15, -0.1) is 0 Å². The van der Waals surface area contributed by atoms with Gasteiger partial charge in [-0.3, -0.25) is 4.79 Å². The van der Waals surface area contributed by atoms with Gasteiger partial charge in [0.1, 0.15) is 0 Å². The fraction of sp³-hybridized carbons (Fsp3) is 0.231. The van der Waals surface area contributed by atoms with Gasteiger partial charge in [-0.2, -0.15) is 0 Å². The third-order valence-electron chi connectivity index (χ3n) is 2.54. The molecule has 5 nitrogen and oxygen atoms in total. The number of aromatic amines is 1. The van der Waals surface area contributed by atoms with Crippen molar-refractivity contribution in [3.8, 4) is 0 Å². The molecule has 2 aromatic rings. The van der Waals surface area contributed by atoms with Gasteiger partial charge in [0, 0.05) is 30.3 Å². The first kappa shape index (κ1) is 14.7. The van der Waals surface area contributed by atoms with Crippen molar-refractivity contribution in [1.29, 1.82) is 0 Å². The number of amides is 1. The van der Waals surface area contributed by atoms with E-state index in [4.69, 9.17) is 17.3 Å². The van der Waals surface area contributed by atoms with Gasteiger partial charge in [0.15, 0.2) is 5.16 Å². The number of hydrogen-bond donors (Lipinski definition) is 3. The number of carbonyl (C=O) groups is 1. The molecular weight excluding hydrogens is 296 g/mol. The van der Waals surface area contributed by atoms with Crippen molar-refractivity contribution in [2.75, 3.05) is 16.8 Å². The van der Waals surface area contributed by atoms with E-state index in [1.165, 1.54) is 0 Å². The minimum atomic E-state index is -0.0354. The highest BCUT2D eigenvalue weighted by atomic mass is 35.5. The molecule has 0 saturated carbocycles. The highest BCUT2D eigenvalue weighted by molar-refractivity contribution is 7.99. The second-order valence-corrected chi connectivity index (χ2v) is 5.62. The Balaban J connectivity index is 1.71. The molecule has 20 heavy (non-hydrogen) atoms. The number of hydrogen-bond acceptors (Lipinski definition) is 4. The Labute approximate surface area is 126 Å². The zero-order valence-corrected chi connectivity index (χ0v) is 12.3. The van der Waals surface area contributed by atoms with Crippen LogP contribution in [0.15, 0.2) is 35.7 Å². The lowest BCUT2D eigenvalue weighted by Crippen LogP contribution is -2.11. The number of H-pyrrole nitrogens is 1. The Morgan fingerprint density at radius 3 is 3.05 bits per heavy atom. The first-order valence-electron chi connectivity index (χ1n) is 6.12. The fourth-order valence-electron chi connectivity index (χ4n) is 1.58. The van der Waals surface area contributed by atoms with Crippen LogP contribution in [0.25, 0.3) is 0 Å². The van der Waals surface area contributed by atoms with Crippen molar-refractivity contribution in [1.82, 2.24) is 9.97 Å². The highest BCUT2D eigenvalue weighted by Crippen LogP contribution is 2.22. The maximum absolute atomic E-state index is 11.8. The number of halogens is 1. The number of nitrogen functional groups attached to an aromatic ring is 1. The van der Waals surface area contributed by atoms with Gasteiger partial charge in [0.05, 0.1) is 10.7 Å². The van der Waals surface area contributed by atoms with Crippen LogP contribution in [0.1, 0.15) is 12.8 Å². The summed E-state index contributed by atoms with van der Waals surface area (Å²) in [6.45, 7) is 0.